The van der Waals surface area contributed by atoms with Gasteiger partial charge in [-0.2, -0.15) is 10.1 Å². The van der Waals surface area contributed by atoms with E-state index in [-0.39, 0.29) is 6.04 Å². The van der Waals surface area contributed by atoms with Gasteiger partial charge in [0.2, 0.25) is 5.95 Å². The lowest BCUT2D eigenvalue weighted by molar-refractivity contribution is 0.284. The second-order valence-corrected chi connectivity index (χ2v) is 7.23. The molecule has 1 aliphatic heterocycles. The van der Waals surface area contributed by atoms with E-state index in [2.05, 4.69) is 33.6 Å². The van der Waals surface area contributed by atoms with Gasteiger partial charge in [-0.1, -0.05) is 66.7 Å². The van der Waals surface area contributed by atoms with Crippen molar-refractivity contribution in [2.75, 3.05) is 12.4 Å². The average molecular weight is 410 g/mol. The third kappa shape index (κ3) is 3.88. The molecule has 0 radical (unpaired) electrons. The monoisotopic (exact) mass is 410 g/mol. The fourth-order valence-electron chi connectivity index (χ4n) is 3.68. The molecule has 0 saturated heterocycles. The summed E-state index contributed by atoms with van der Waals surface area (Å²) in [5, 5.41) is 7.79. The Morgan fingerprint density at radius 1 is 0.935 bits per heavy atom. The molecule has 0 bridgehead atoms. The number of benzene rings is 3. The van der Waals surface area contributed by atoms with E-state index in [9.17, 15) is 0 Å². The number of anilines is 1. The van der Waals surface area contributed by atoms with Crippen LogP contribution in [0.2, 0.25) is 0 Å². The molecule has 5 rings (SSSR count). The largest absolute Gasteiger partial charge is 0.493 e. The molecule has 1 aromatic heterocycles. The molecule has 3 aromatic carbocycles. The lowest BCUT2D eigenvalue weighted by Gasteiger charge is -2.25. The normalized spacial score (nSPS) is 14.9. The van der Waals surface area contributed by atoms with Crippen molar-refractivity contribution in [3.63, 3.8) is 0 Å². The van der Waals surface area contributed by atoms with Crippen molar-refractivity contribution in [1.82, 2.24) is 14.8 Å². The molecule has 6 heteroatoms. The highest BCUT2D eigenvalue weighted by Gasteiger charge is 2.24. The summed E-state index contributed by atoms with van der Waals surface area (Å²) >= 11 is 0. The van der Waals surface area contributed by atoms with Crippen LogP contribution in [-0.2, 0) is 6.61 Å². The molecule has 154 valence electrons. The molecular formula is C25H22N4O2. The number of fused-ring (bicyclic) bond motifs is 1. The van der Waals surface area contributed by atoms with E-state index in [4.69, 9.17) is 9.47 Å². The van der Waals surface area contributed by atoms with Crippen molar-refractivity contribution in [1.29, 1.82) is 0 Å². The van der Waals surface area contributed by atoms with E-state index >= 15 is 0 Å². The van der Waals surface area contributed by atoms with Crippen molar-refractivity contribution in [3.05, 3.63) is 108 Å². The number of hydrogen-bond donors (Lipinski definition) is 1. The molecule has 1 atom stereocenters. The van der Waals surface area contributed by atoms with E-state index in [1.54, 1.807) is 13.4 Å². The number of ether oxygens (including phenoxy) is 2. The van der Waals surface area contributed by atoms with E-state index in [1.807, 2.05) is 71.4 Å². The Bertz CT molecular complexity index is 1200. The Kier molecular flexibility index (Phi) is 5.10. The van der Waals surface area contributed by atoms with Crippen molar-refractivity contribution in [2.45, 2.75) is 12.6 Å². The highest BCUT2D eigenvalue weighted by atomic mass is 16.5. The smallest absolute Gasteiger partial charge is 0.226 e. The van der Waals surface area contributed by atoms with Crippen LogP contribution >= 0.6 is 0 Å². The van der Waals surface area contributed by atoms with Gasteiger partial charge in [-0.15, -0.1) is 0 Å². The summed E-state index contributed by atoms with van der Waals surface area (Å²) in [7, 11) is 1.66. The highest BCUT2D eigenvalue weighted by molar-refractivity contribution is 5.77. The fraction of sp³-hybridized carbons (Fsp3) is 0.120. The zero-order chi connectivity index (χ0) is 21.0. The van der Waals surface area contributed by atoms with Gasteiger partial charge in [-0.05, 0) is 34.9 Å². The van der Waals surface area contributed by atoms with Gasteiger partial charge >= 0.3 is 0 Å². The number of hydrogen-bond acceptors (Lipinski definition) is 5. The Morgan fingerprint density at radius 2 is 1.71 bits per heavy atom. The maximum absolute atomic E-state index is 6.01. The van der Waals surface area contributed by atoms with Crippen LogP contribution in [0.3, 0.4) is 0 Å². The standard InChI is InChI=1S/C25H22N4O2/c1-30-24-14-20(12-13-23(24)31-16-18-8-4-2-5-9-18)22-15-21(19-10-6-3-7-11-19)28-25-26-17-27-29(22)25/h2-15,17,22H,16H2,1H3,(H,26,27,28). The number of allylic oxidation sites excluding steroid dienone is 1. The van der Waals surface area contributed by atoms with E-state index < -0.39 is 0 Å². The Balaban J connectivity index is 1.46. The van der Waals surface area contributed by atoms with E-state index in [0.717, 1.165) is 22.4 Å². The van der Waals surface area contributed by atoms with Gasteiger partial charge in [0.1, 0.15) is 19.0 Å². The van der Waals surface area contributed by atoms with Crippen LogP contribution in [0.4, 0.5) is 5.95 Å². The van der Waals surface area contributed by atoms with Crippen LogP contribution in [0.25, 0.3) is 5.70 Å². The van der Waals surface area contributed by atoms with Gasteiger partial charge < -0.3 is 14.8 Å². The summed E-state index contributed by atoms with van der Waals surface area (Å²) < 4.78 is 13.5. The first-order valence-corrected chi connectivity index (χ1v) is 10.1. The lowest BCUT2D eigenvalue weighted by atomic mass is 10.0. The van der Waals surface area contributed by atoms with Gasteiger partial charge in [0.15, 0.2) is 11.5 Å². The minimum Gasteiger partial charge on any atom is -0.493 e. The predicted molar refractivity (Wildman–Crippen MR) is 120 cm³/mol. The average Bonchev–Trinajstić information content (AvgIpc) is 3.32. The topological polar surface area (TPSA) is 61.2 Å². The molecule has 0 saturated carbocycles. The highest BCUT2D eigenvalue weighted by Crippen LogP contribution is 2.36. The summed E-state index contributed by atoms with van der Waals surface area (Å²) in [5.74, 6) is 2.09. The molecule has 0 amide bonds. The number of rotatable bonds is 6. The van der Waals surface area contributed by atoms with Gasteiger partial charge in [0.05, 0.1) is 7.11 Å². The number of methoxy groups -OCH3 is 1. The second kappa shape index (κ2) is 8.36. The molecule has 6 nitrogen and oxygen atoms in total. The molecular weight excluding hydrogens is 388 g/mol. The molecule has 1 aliphatic rings. The van der Waals surface area contributed by atoms with Crippen molar-refractivity contribution in [2.24, 2.45) is 0 Å². The number of aromatic nitrogens is 3. The number of nitrogens with one attached hydrogen (secondary N) is 1. The molecule has 4 aromatic rings. The summed E-state index contributed by atoms with van der Waals surface area (Å²) in [6.07, 6.45) is 3.71. The van der Waals surface area contributed by atoms with Crippen LogP contribution in [0.5, 0.6) is 11.5 Å². The fourth-order valence-corrected chi connectivity index (χ4v) is 3.68. The summed E-state index contributed by atoms with van der Waals surface area (Å²) in [6, 6.07) is 26.1. The van der Waals surface area contributed by atoms with Crippen LogP contribution < -0.4 is 14.8 Å². The van der Waals surface area contributed by atoms with Gasteiger partial charge in [0, 0.05) is 5.70 Å². The first kappa shape index (κ1) is 18.9. The predicted octanol–water partition coefficient (Wildman–Crippen LogP) is 4.92. The second-order valence-electron chi connectivity index (χ2n) is 7.23. The summed E-state index contributed by atoms with van der Waals surface area (Å²) in [4.78, 5) is 4.38. The summed E-state index contributed by atoms with van der Waals surface area (Å²) in [6.45, 7) is 0.481. The maximum Gasteiger partial charge on any atom is 0.226 e. The third-order valence-electron chi connectivity index (χ3n) is 5.26. The van der Waals surface area contributed by atoms with Crippen LogP contribution in [0, 0.1) is 0 Å². The Hall–Kier alpha value is -4.06. The Morgan fingerprint density at radius 3 is 2.48 bits per heavy atom. The Labute approximate surface area is 180 Å². The molecule has 1 N–H and O–H groups in total. The SMILES string of the molecule is COc1cc(C2C=C(c3ccccc3)Nc3ncnn32)ccc1OCc1ccccc1. The minimum absolute atomic E-state index is 0.119. The summed E-state index contributed by atoms with van der Waals surface area (Å²) in [5.41, 5.74) is 4.23. The zero-order valence-corrected chi connectivity index (χ0v) is 17.1. The van der Waals surface area contributed by atoms with E-state index in [0.29, 0.717) is 24.1 Å². The van der Waals surface area contributed by atoms with Gasteiger partial charge in [-0.25, -0.2) is 4.68 Å². The maximum atomic E-state index is 6.01. The lowest BCUT2D eigenvalue weighted by Crippen LogP contribution is -2.20. The van der Waals surface area contributed by atoms with Crippen molar-refractivity contribution in [3.8, 4) is 11.5 Å². The zero-order valence-electron chi connectivity index (χ0n) is 17.1. The van der Waals surface area contributed by atoms with Crippen LogP contribution in [-0.4, -0.2) is 21.9 Å². The quantitative estimate of drug-likeness (QED) is 0.489. The third-order valence-corrected chi connectivity index (χ3v) is 5.26. The molecule has 1 unspecified atom stereocenters. The first-order valence-electron chi connectivity index (χ1n) is 10.1. The van der Waals surface area contributed by atoms with Gasteiger partial charge in [-0.3, -0.25) is 0 Å². The molecule has 31 heavy (non-hydrogen) atoms. The van der Waals surface area contributed by atoms with Crippen LogP contribution in [0.15, 0.2) is 91.3 Å². The van der Waals surface area contributed by atoms with Gasteiger partial charge in [0.25, 0.3) is 0 Å². The molecule has 2 heterocycles. The van der Waals surface area contributed by atoms with E-state index in [1.165, 1.54) is 0 Å². The number of nitrogens with zero attached hydrogens (tertiary/aromatic N) is 3. The minimum atomic E-state index is -0.119. The molecule has 0 fully saturated rings. The van der Waals surface area contributed by atoms with Crippen molar-refractivity contribution >= 4 is 11.6 Å². The molecule has 0 aliphatic carbocycles. The van der Waals surface area contributed by atoms with Crippen molar-refractivity contribution < 1.29 is 9.47 Å². The van der Waals surface area contributed by atoms with Crippen LogP contribution in [0.1, 0.15) is 22.7 Å². The molecule has 0 spiro atoms. The first-order chi connectivity index (χ1) is 15.3.